The number of nitrogens with one attached hydrogen (secondary N) is 1. The van der Waals surface area contributed by atoms with E-state index in [0.29, 0.717) is 11.3 Å². The molecule has 100 valence electrons. The summed E-state index contributed by atoms with van der Waals surface area (Å²) in [7, 11) is 3.88. The molecule has 3 heterocycles. The summed E-state index contributed by atoms with van der Waals surface area (Å²) in [5.74, 6) is 0. The summed E-state index contributed by atoms with van der Waals surface area (Å²) in [4.78, 5) is 3.23. The number of fused-ring (bicyclic) bond motifs is 1. The fourth-order valence-corrected chi connectivity index (χ4v) is 2.64. The van der Waals surface area contributed by atoms with Gasteiger partial charge >= 0.3 is 0 Å². The van der Waals surface area contributed by atoms with Gasteiger partial charge in [-0.1, -0.05) is 0 Å². The Morgan fingerprint density at radius 1 is 1.26 bits per heavy atom. The third-order valence-corrected chi connectivity index (χ3v) is 3.91. The average Bonchev–Trinajstić information content (AvgIpc) is 2.93. The Morgan fingerprint density at radius 2 is 2.00 bits per heavy atom. The molecule has 0 aromatic carbocycles. The molecule has 0 bridgehead atoms. The van der Waals surface area contributed by atoms with Crippen molar-refractivity contribution in [2.45, 2.75) is 20.4 Å². The van der Waals surface area contributed by atoms with E-state index in [4.69, 9.17) is 12.2 Å². The zero-order valence-electron chi connectivity index (χ0n) is 11.4. The molecular weight excluding hydrogens is 260 g/mol. The Balaban J connectivity index is 2.18. The molecule has 3 rings (SSSR count). The number of aromatic nitrogens is 6. The molecule has 6 nitrogen and oxygen atoms in total. The number of nitrogens with zero attached hydrogens (tertiary/aromatic N) is 5. The number of aromatic amines is 1. The number of rotatable bonds is 2. The number of hydrogen-bond donors (Lipinski definition) is 1. The largest absolute Gasteiger partial charge is 0.328 e. The number of imidazole rings is 1. The molecule has 0 atom stereocenters. The first-order chi connectivity index (χ1) is 8.99. The van der Waals surface area contributed by atoms with Gasteiger partial charge in [-0.05, 0) is 26.1 Å². The second-order valence-corrected chi connectivity index (χ2v) is 5.19. The predicted octanol–water partition coefficient (Wildman–Crippen LogP) is 1.83. The molecular formula is C12H16N6S. The minimum Gasteiger partial charge on any atom is -0.328 e. The van der Waals surface area contributed by atoms with Gasteiger partial charge in [0.2, 0.25) is 0 Å². The highest BCUT2D eigenvalue weighted by atomic mass is 32.1. The first-order valence-corrected chi connectivity index (χ1v) is 6.49. The van der Waals surface area contributed by atoms with E-state index in [1.54, 1.807) is 0 Å². The maximum Gasteiger partial charge on any atom is 0.179 e. The first kappa shape index (κ1) is 12.2. The highest BCUT2D eigenvalue weighted by Crippen LogP contribution is 2.19. The van der Waals surface area contributed by atoms with Crippen LogP contribution in [0.15, 0.2) is 6.20 Å². The SMILES string of the molecule is Cc1nn(C)c2c1[nH]c(=S)n2Cc1cnn(C)c1C. The first-order valence-electron chi connectivity index (χ1n) is 6.08. The molecule has 0 aliphatic carbocycles. The molecule has 0 amide bonds. The average molecular weight is 276 g/mol. The summed E-state index contributed by atoms with van der Waals surface area (Å²) in [5, 5.41) is 8.69. The zero-order chi connectivity index (χ0) is 13.7. The van der Waals surface area contributed by atoms with Crippen molar-refractivity contribution in [3.63, 3.8) is 0 Å². The second kappa shape index (κ2) is 4.06. The minimum atomic E-state index is 0.706. The Bertz CT molecular complexity index is 815. The topological polar surface area (TPSA) is 56.4 Å². The molecule has 3 aromatic rings. The van der Waals surface area contributed by atoms with Crippen molar-refractivity contribution < 1.29 is 0 Å². The van der Waals surface area contributed by atoms with Crippen LogP contribution in [0.1, 0.15) is 17.0 Å². The van der Waals surface area contributed by atoms with Crippen molar-refractivity contribution >= 4 is 23.4 Å². The smallest absolute Gasteiger partial charge is 0.179 e. The van der Waals surface area contributed by atoms with Crippen LogP contribution in [-0.2, 0) is 20.6 Å². The van der Waals surface area contributed by atoms with Crippen LogP contribution < -0.4 is 0 Å². The van der Waals surface area contributed by atoms with Crippen molar-refractivity contribution in [3.05, 3.63) is 27.9 Å². The number of aryl methyl sites for hydroxylation is 3. The van der Waals surface area contributed by atoms with E-state index < -0.39 is 0 Å². The Kier molecular flexibility index (Phi) is 2.60. The van der Waals surface area contributed by atoms with Crippen molar-refractivity contribution in [2.75, 3.05) is 0 Å². The lowest BCUT2D eigenvalue weighted by molar-refractivity contribution is 0.707. The third kappa shape index (κ3) is 1.73. The quantitative estimate of drug-likeness (QED) is 0.727. The summed E-state index contributed by atoms with van der Waals surface area (Å²) in [5.41, 5.74) is 5.30. The van der Waals surface area contributed by atoms with Crippen LogP contribution in [0, 0.1) is 18.6 Å². The summed E-state index contributed by atoms with van der Waals surface area (Å²) in [6.07, 6.45) is 1.89. The van der Waals surface area contributed by atoms with E-state index in [1.807, 2.05) is 36.6 Å². The van der Waals surface area contributed by atoms with Crippen LogP contribution in [0.2, 0.25) is 0 Å². The summed E-state index contributed by atoms with van der Waals surface area (Å²) in [6, 6.07) is 0. The highest BCUT2D eigenvalue weighted by molar-refractivity contribution is 7.71. The van der Waals surface area contributed by atoms with Crippen LogP contribution in [0.25, 0.3) is 11.2 Å². The van der Waals surface area contributed by atoms with E-state index in [-0.39, 0.29) is 0 Å². The molecule has 7 heteroatoms. The van der Waals surface area contributed by atoms with Crippen molar-refractivity contribution in [3.8, 4) is 0 Å². The Labute approximate surface area is 115 Å². The fraction of sp³-hybridized carbons (Fsp3) is 0.417. The minimum absolute atomic E-state index is 0.706. The van der Waals surface area contributed by atoms with Gasteiger partial charge in [0.05, 0.1) is 18.4 Å². The van der Waals surface area contributed by atoms with Gasteiger partial charge in [0.15, 0.2) is 10.4 Å². The lowest BCUT2D eigenvalue weighted by Gasteiger charge is -2.04. The molecule has 0 radical (unpaired) electrons. The van der Waals surface area contributed by atoms with E-state index in [0.717, 1.165) is 22.6 Å². The van der Waals surface area contributed by atoms with Gasteiger partial charge in [-0.3, -0.25) is 13.9 Å². The molecule has 0 aliphatic rings. The van der Waals surface area contributed by atoms with Gasteiger partial charge < -0.3 is 4.98 Å². The van der Waals surface area contributed by atoms with E-state index in [2.05, 4.69) is 26.7 Å². The second-order valence-electron chi connectivity index (χ2n) is 4.80. The molecule has 0 aliphatic heterocycles. The van der Waals surface area contributed by atoms with Crippen LogP contribution in [0.4, 0.5) is 0 Å². The lowest BCUT2D eigenvalue weighted by Crippen LogP contribution is -2.05. The normalized spacial score (nSPS) is 11.6. The monoisotopic (exact) mass is 276 g/mol. The predicted molar refractivity (Wildman–Crippen MR) is 75.7 cm³/mol. The van der Waals surface area contributed by atoms with Crippen LogP contribution in [0.3, 0.4) is 0 Å². The third-order valence-electron chi connectivity index (χ3n) is 3.59. The van der Waals surface area contributed by atoms with Crippen LogP contribution in [-0.4, -0.2) is 29.1 Å². The maximum atomic E-state index is 5.41. The van der Waals surface area contributed by atoms with Gasteiger partial charge in [-0.25, -0.2) is 0 Å². The molecule has 0 spiro atoms. The number of hydrogen-bond acceptors (Lipinski definition) is 3. The van der Waals surface area contributed by atoms with Crippen molar-refractivity contribution in [1.29, 1.82) is 0 Å². The van der Waals surface area contributed by atoms with Gasteiger partial charge in [0.1, 0.15) is 5.52 Å². The molecule has 0 unspecified atom stereocenters. The lowest BCUT2D eigenvalue weighted by atomic mass is 10.2. The molecule has 1 N–H and O–H groups in total. The molecule has 19 heavy (non-hydrogen) atoms. The Morgan fingerprint density at radius 3 is 2.63 bits per heavy atom. The number of H-pyrrole nitrogens is 1. The highest BCUT2D eigenvalue weighted by Gasteiger charge is 2.14. The van der Waals surface area contributed by atoms with Crippen molar-refractivity contribution in [1.82, 2.24) is 29.1 Å². The van der Waals surface area contributed by atoms with Crippen LogP contribution in [0.5, 0.6) is 0 Å². The standard InChI is InChI=1S/C12H16N6S/c1-7-10-11(17(4)15-7)18(12(19)14-10)6-9-5-13-16(3)8(9)2/h5H,6H2,1-4H3,(H,14,19). The van der Waals surface area contributed by atoms with Crippen LogP contribution >= 0.6 is 12.2 Å². The molecule has 0 saturated heterocycles. The molecule has 3 aromatic heterocycles. The molecule has 0 fully saturated rings. The van der Waals surface area contributed by atoms with Gasteiger partial charge in [-0.2, -0.15) is 10.2 Å². The maximum absolute atomic E-state index is 5.41. The fourth-order valence-electron chi connectivity index (χ4n) is 2.39. The van der Waals surface area contributed by atoms with Gasteiger partial charge in [0, 0.05) is 25.4 Å². The summed E-state index contributed by atoms with van der Waals surface area (Å²) >= 11 is 5.41. The van der Waals surface area contributed by atoms with Crippen molar-refractivity contribution in [2.24, 2.45) is 14.1 Å². The molecule has 0 saturated carbocycles. The van der Waals surface area contributed by atoms with Gasteiger partial charge in [-0.15, -0.1) is 0 Å². The Hall–Kier alpha value is -1.89. The summed E-state index contributed by atoms with van der Waals surface area (Å²) in [6.45, 7) is 4.75. The van der Waals surface area contributed by atoms with E-state index in [1.165, 1.54) is 5.56 Å². The van der Waals surface area contributed by atoms with Gasteiger partial charge in [0.25, 0.3) is 0 Å². The zero-order valence-corrected chi connectivity index (χ0v) is 12.2. The summed E-state index contributed by atoms with van der Waals surface area (Å²) < 4.78 is 6.52. The van der Waals surface area contributed by atoms with E-state index in [9.17, 15) is 0 Å². The van der Waals surface area contributed by atoms with E-state index >= 15 is 0 Å².